The number of hydrogen-bond donors (Lipinski definition) is 2. The Morgan fingerprint density at radius 2 is 1.41 bits per heavy atom. The van der Waals surface area contributed by atoms with Gasteiger partial charge in [-0.05, 0) is 63.4 Å². The summed E-state index contributed by atoms with van der Waals surface area (Å²) in [5, 5.41) is 0. The maximum absolute atomic E-state index is 12.9. The van der Waals surface area contributed by atoms with E-state index in [0.717, 1.165) is 56.7 Å². The predicted molar refractivity (Wildman–Crippen MR) is 190 cm³/mol. The van der Waals surface area contributed by atoms with Crippen molar-refractivity contribution in [1.82, 2.24) is 14.7 Å². The SMILES string of the molecule is CCN1C(=CC=CC2=[N+](CC(=O)ONS)c3ccccc3C23CCN(CC(=O)OC)CC3)C2(CCN(CC(=O)OC)CC2)c2ccccc21. The molecule has 4 heterocycles. The molecule has 4 aliphatic rings. The standard InChI is InChI=1S/C37H46N5O6S/c1-4-41-29-12-7-5-10-27(29)36(16-20-39(21-17-36)24-33(43)46-2)31(41)14-9-15-32-37(18-22-40(23-19-37)25-34(44)47-3)28-11-6-8-13-30(28)42(32)26-35(45)48-38-49/h5-15,38,49H,4,16-26H2,1-3H3/q+1. The summed E-state index contributed by atoms with van der Waals surface area (Å²) < 4.78 is 12.0. The van der Waals surface area contributed by atoms with Crippen LogP contribution in [0.15, 0.2) is 72.5 Å². The average Bonchev–Trinajstić information content (AvgIpc) is 3.52. The number of carbonyl (C=O) groups excluding carboxylic acids is 3. The van der Waals surface area contributed by atoms with Crippen LogP contribution in [0.1, 0.15) is 43.7 Å². The highest BCUT2D eigenvalue weighted by Crippen LogP contribution is 2.53. The van der Waals surface area contributed by atoms with Crippen LogP contribution >= 0.6 is 12.8 Å². The number of carbonyl (C=O) groups is 3. The molecular weight excluding hydrogens is 643 g/mol. The summed E-state index contributed by atoms with van der Waals surface area (Å²) in [6, 6.07) is 16.9. The van der Waals surface area contributed by atoms with Crippen LogP contribution in [0.4, 0.5) is 11.4 Å². The van der Waals surface area contributed by atoms with E-state index in [4.69, 9.17) is 14.3 Å². The zero-order chi connectivity index (χ0) is 34.6. The van der Waals surface area contributed by atoms with Crippen molar-refractivity contribution in [3.05, 3.63) is 83.6 Å². The smallest absolute Gasteiger partial charge is 0.392 e. The summed E-state index contributed by atoms with van der Waals surface area (Å²) in [4.78, 5) is 51.1. The lowest BCUT2D eigenvalue weighted by Crippen LogP contribution is -2.48. The molecule has 260 valence electrons. The van der Waals surface area contributed by atoms with Gasteiger partial charge in [-0.1, -0.05) is 60.2 Å². The van der Waals surface area contributed by atoms with Crippen LogP contribution in [0.2, 0.25) is 0 Å². The number of allylic oxidation sites excluding steroid dienone is 4. The molecule has 0 bridgehead atoms. The van der Waals surface area contributed by atoms with E-state index in [-0.39, 0.29) is 35.9 Å². The van der Waals surface area contributed by atoms with Crippen molar-refractivity contribution in [3.63, 3.8) is 0 Å². The quantitative estimate of drug-likeness (QED) is 0.126. The molecule has 12 heteroatoms. The number of benzene rings is 2. The van der Waals surface area contributed by atoms with E-state index in [9.17, 15) is 14.4 Å². The number of thiol groups is 1. The van der Waals surface area contributed by atoms with Crippen molar-refractivity contribution in [3.8, 4) is 0 Å². The van der Waals surface area contributed by atoms with E-state index in [1.807, 2.05) is 12.1 Å². The fourth-order valence-corrected chi connectivity index (χ4v) is 8.56. The number of piperidine rings is 2. The van der Waals surface area contributed by atoms with Gasteiger partial charge in [-0.15, -0.1) is 0 Å². The summed E-state index contributed by atoms with van der Waals surface area (Å²) in [6.07, 6.45) is 9.88. The Bertz CT molecular complexity index is 1670. The zero-order valence-electron chi connectivity index (χ0n) is 28.5. The Balaban J connectivity index is 1.39. The lowest BCUT2D eigenvalue weighted by Gasteiger charge is -2.41. The van der Waals surface area contributed by atoms with E-state index < -0.39 is 5.97 Å². The lowest BCUT2D eigenvalue weighted by molar-refractivity contribution is -0.429. The number of nitrogens with one attached hydrogen (secondary N) is 1. The number of para-hydroxylation sites is 2. The monoisotopic (exact) mass is 688 g/mol. The van der Waals surface area contributed by atoms with Gasteiger partial charge in [0.15, 0.2) is 5.71 Å². The number of fused-ring (bicyclic) bond motifs is 4. The number of ether oxygens (including phenoxy) is 2. The first-order chi connectivity index (χ1) is 23.8. The molecule has 0 unspecified atom stereocenters. The normalized spacial score (nSPS) is 20.7. The molecule has 0 amide bonds. The molecule has 0 radical (unpaired) electrons. The van der Waals surface area contributed by atoms with Gasteiger partial charge in [0, 0.05) is 54.1 Å². The van der Waals surface area contributed by atoms with Gasteiger partial charge < -0.3 is 19.2 Å². The molecule has 0 atom stereocenters. The number of rotatable bonds is 10. The number of esters is 2. The maximum atomic E-state index is 12.9. The minimum absolute atomic E-state index is 0.0148. The van der Waals surface area contributed by atoms with Gasteiger partial charge in [0.2, 0.25) is 12.2 Å². The summed E-state index contributed by atoms with van der Waals surface area (Å²) in [6.45, 7) is 6.56. The molecule has 6 rings (SSSR count). The van der Waals surface area contributed by atoms with Crippen LogP contribution in [-0.2, 0) is 39.5 Å². The largest absolute Gasteiger partial charge is 0.468 e. The fourth-order valence-electron chi connectivity index (χ4n) is 8.46. The number of methoxy groups -OCH3 is 2. The first kappa shape index (κ1) is 34.9. The minimum Gasteiger partial charge on any atom is -0.468 e. The van der Waals surface area contributed by atoms with Crippen LogP contribution in [0.5, 0.6) is 0 Å². The van der Waals surface area contributed by atoms with E-state index >= 15 is 0 Å². The molecule has 2 aromatic carbocycles. The highest BCUT2D eigenvalue weighted by atomic mass is 32.1. The van der Waals surface area contributed by atoms with E-state index in [1.165, 1.54) is 36.7 Å². The van der Waals surface area contributed by atoms with Crippen LogP contribution in [-0.4, -0.2) is 105 Å². The number of hydrogen-bond acceptors (Lipinski definition) is 11. The van der Waals surface area contributed by atoms with Gasteiger partial charge in [0.25, 0.3) is 0 Å². The molecule has 0 aromatic heterocycles. The first-order valence-corrected chi connectivity index (χ1v) is 17.4. The highest BCUT2D eigenvalue weighted by Gasteiger charge is 2.53. The third-order valence-corrected chi connectivity index (χ3v) is 10.9. The van der Waals surface area contributed by atoms with Crippen molar-refractivity contribution >= 4 is 47.8 Å². The molecule has 1 N–H and O–H groups in total. The molecule has 0 saturated carbocycles. The van der Waals surface area contributed by atoms with Gasteiger partial charge in [-0.2, -0.15) is 4.58 Å². The average molecular weight is 689 g/mol. The fraction of sp³-hybridized carbons (Fsp3) is 0.459. The van der Waals surface area contributed by atoms with Gasteiger partial charge in [-0.25, -0.2) is 4.79 Å². The second kappa shape index (κ2) is 14.9. The number of likely N-dealkylation sites (tertiary alicyclic amines) is 2. The summed E-state index contributed by atoms with van der Waals surface area (Å²) in [5.41, 5.74) is 6.43. The summed E-state index contributed by atoms with van der Waals surface area (Å²) >= 11 is 3.88. The van der Waals surface area contributed by atoms with Gasteiger partial charge >= 0.3 is 17.9 Å². The Labute approximate surface area is 293 Å². The first-order valence-electron chi connectivity index (χ1n) is 17.0. The van der Waals surface area contributed by atoms with Gasteiger partial charge in [0.1, 0.15) is 0 Å². The van der Waals surface area contributed by atoms with Gasteiger partial charge in [-0.3, -0.25) is 19.4 Å². The molecule has 2 fully saturated rings. The third-order valence-electron chi connectivity index (χ3n) is 10.8. The number of nitrogens with zero attached hydrogens (tertiary/aromatic N) is 4. The molecule has 2 aromatic rings. The van der Waals surface area contributed by atoms with Crippen molar-refractivity contribution < 1.29 is 33.3 Å². The van der Waals surface area contributed by atoms with E-state index in [0.29, 0.717) is 19.6 Å². The number of likely N-dealkylation sites (N-methyl/N-ethyl adjacent to an activating group) is 1. The Morgan fingerprint density at radius 3 is 2.00 bits per heavy atom. The zero-order valence-corrected chi connectivity index (χ0v) is 29.4. The third kappa shape index (κ3) is 6.54. The predicted octanol–water partition coefficient (Wildman–Crippen LogP) is 3.67. The van der Waals surface area contributed by atoms with Gasteiger partial charge in [0.05, 0.1) is 32.7 Å². The van der Waals surface area contributed by atoms with Crippen molar-refractivity contribution in [2.75, 3.05) is 71.5 Å². The van der Waals surface area contributed by atoms with Crippen LogP contribution in [0.25, 0.3) is 0 Å². The molecule has 11 nitrogen and oxygen atoms in total. The van der Waals surface area contributed by atoms with Crippen LogP contribution in [0, 0.1) is 0 Å². The lowest BCUT2D eigenvalue weighted by atomic mass is 9.70. The highest BCUT2D eigenvalue weighted by molar-refractivity contribution is 7.77. The topological polar surface area (TPSA) is 104 Å². The van der Waals surface area contributed by atoms with Crippen LogP contribution in [0.3, 0.4) is 0 Å². The summed E-state index contributed by atoms with van der Waals surface area (Å²) in [5.74, 6) is -0.907. The van der Waals surface area contributed by atoms with Crippen molar-refractivity contribution in [1.29, 1.82) is 0 Å². The Hall–Kier alpha value is -3.97. The molecule has 0 aliphatic carbocycles. The van der Waals surface area contributed by atoms with Crippen molar-refractivity contribution in [2.24, 2.45) is 0 Å². The van der Waals surface area contributed by atoms with E-state index in [2.05, 4.69) is 98.5 Å². The Morgan fingerprint density at radius 1 is 0.837 bits per heavy atom. The molecule has 4 aliphatic heterocycles. The molecular formula is C37H46N5O6S+. The summed E-state index contributed by atoms with van der Waals surface area (Å²) in [7, 11) is 2.85. The maximum Gasteiger partial charge on any atom is 0.392 e. The molecule has 2 saturated heterocycles. The minimum atomic E-state index is -0.449. The molecule has 2 spiro atoms. The van der Waals surface area contributed by atoms with E-state index in [1.54, 1.807) is 0 Å². The second-order valence-corrected chi connectivity index (χ2v) is 13.3. The Kier molecular flexibility index (Phi) is 10.6. The van der Waals surface area contributed by atoms with Crippen LogP contribution < -0.4 is 9.79 Å². The second-order valence-electron chi connectivity index (χ2n) is 13.1. The van der Waals surface area contributed by atoms with Crippen molar-refractivity contribution in [2.45, 2.75) is 43.4 Å². The molecule has 49 heavy (non-hydrogen) atoms. The number of anilines is 1.